The number of nitrogens with one attached hydrogen (secondary N) is 2. The van der Waals surface area contributed by atoms with Crippen LogP contribution in [0, 0.1) is 0 Å². The van der Waals surface area contributed by atoms with Gasteiger partial charge in [-0.1, -0.05) is 12.1 Å². The number of hydrogen-bond acceptors (Lipinski definition) is 4. The molecule has 126 valence electrons. The number of carbonyl (C=O) groups is 1. The number of urea groups is 1. The first kappa shape index (κ1) is 15.0. The van der Waals surface area contributed by atoms with Gasteiger partial charge in [0.1, 0.15) is 11.6 Å². The van der Waals surface area contributed by atoms with Gasteiger partial charge < -0.3 is 19.9 Å². The summed E-state index contributed by atoms with van der Waals surface area (Å²) in [6, 6.07) is 7.70. The number of fused-ring (bicyclic) bond motifs is 1. The molecule has 0 unspecified atom stereocenters. The van der Waals surface area contributed by atoms with Crippen LogP contribution in [0.1, 0.15) is 36.5 Å². The Kier molecular flexibility index (Phi) is 3.63. The Labute approximate surface area is 140 Å². The normalized spacial score (nSPS) is 17.2. The largest absolute Gasteiger partial charge is 0.497 e. The van der Waals surface area contributed by atoms with Crippen LogP contribution in [-0.2, 0) is 25.0 Å². The minimum atomic E-state index is -0.272. The fourth-order valence-electron chi connectivity index (χ4n) is 3.29. The first-order valence-corrected chi connectivity index (χ1v) is 8.32. The second-order valence-corrected chi connectivity index (χ2v) is 6.41. The third-order valence-corrected chi connectivity index (χ3v) is 4.82. The molecule has 0 atom stereocenters. The van der Waals surface area contributed by atoms with Gasteiger partial charge in [0.05, 0.1) is 19.2 Å². The summed E-state index contributed by atoms with van der Waals surface area (Å²) in [6.07, 6.45) is 3.95. The molecule has 2 heterocycles. The maximum atomic E-state index is 12.3. The van der Waals surface area contributed by atoms with Crippen LogP contribution in [0.5, 0.6) is 5.75 Å². The molecule has 2 amide bonds. The summed E-state index contributed by atoms with van der Waals surface area (Å²) in [7, 11) is 1.65. The Morgan fingerprint density at radius 1 is 1.38 bits per heavy atom. The van der Waals surface area contributed by atoms with Crippen LogP contribution in [0.25, 0.3) is 0 Å². The van der Waals surface area contributed by atoms with Crippen molar-refractivity contribution in [2.75, 3.05) is 7.11 Å². The Morgan fingerprint density at radius 3 is 3.04 bits per heavy atom. The van der Waals surface area contributed by atoms with Crippen molar-refractivity contribution in [2.45, 2.75) is 44.3 Å². The van der Waals surface area contributed by atoms with E-state index in [9.17, 15) is 4.79 Å². The van der Waals surface area contributed by atoms with Gasteiger partial charge in [-0.05, 0) is 37.0 Å². The summed E-state index contributed by atoms with van der Waals surface area (Å²) in [4.78, 5) is 12.3. The Hall–Kier alpha value is -2.57. The molecule has 1 fully saturated rings. The number of benzene rings is 1. The Balaban J connectivity index is 1.38. The van der Waals surface area contributed by atoms with E-state index in [1.807, 2.05) is 24.3 Å². The van der Waals surface area contributed by atoms with Crippen LogP contribution < -0.4 is 15.4 Å². The Bertz CT molecular complexity index is 766. The lowest BCUT2D eigenvalue weighted by molar-refractivity contribution is 0.235. The van der Waals surface area contributed by atoms with E-state index < -0.39 is 0 Å². The van der Waals surface area contributed by atoms with Gasteiger partial charge in [0.2, 0.25) is 0 Å². The van der Waals surface area contributed by atoms with Gasteiger partial charge in [-0.15, -0.1) is 10.2 Å². The number of ether oxygens (including phenoxy) is 1. The average molecular weight is 327 g/mol. The first-order valence-electron chi connectivity index (χ1n) is 8.32. The zero-order valence-electron chi connectivity index (χ0n) is 13.7. The second-order valence-electron chi connectivity index (χ2n) is 6.41. The van der Waals surface area contributed by atoms with Gasteiger partial charge >= 0.3 is 6.03 Å². The van der Waals surface area contributed by atoms with E-state index in [0.29, 0.717) is 6.54 Å². The van der Waals surface area contributed by atoms with E-state index in [4.69, 9.17) is 4.74 Å². The molecule has 1 aliphatic heterocycles. The first-order chi connectivity index (χ1) is 11.7. The van der Waals surface area contributed by atoms with Crippen LogP contribution in [0.2, 0.25) is 0 Å². The third kappa shape index (κ3) is 2.70. The third-order valence-electron chi connectivity index (χ3n) is 4.82. The van der Waals surface area contributed by atoms with Crippen LogP contribution in [0.15, 0.2) is 24.3 Å². The highest BCUT2D eigenvalue weighted by Crippen LogP contribution is 2.46. The molecule has 2 aliphatic rings. The van der Waals surface area contributed by atoms with Gasteiger partial charge in [-0.2, -0.15) is 0 Å². The average Bonchev–Trinajstić information content (AvgIpc) is 3.05. The molecule has 0 saturated heterocycles. The molecule has 1 aliphatic carbocycles. The lowest BCUT2D eigenvalue weighted by Gasteiger charge is -2.19. The summed E-state index contributed by atoms with van der Waals surface area (Å²) in [5.41, 5.74) is 0.811. The standard InChI is InChI=1S/C17H21N5O2/c1-24-13-5-2-4-12(10-13)17(7-8-17)19-16(23)18-11-15-21-20-14-6-3-9-22(14)15/h2,4-5,10H,3,6-9,11H2,1H3,(H2,18,19,23). The zero-order chi connectivity index (χ0) is 16.6. The highest BCUT2D eigenvalue weighted by molar-refractivity contribution is 5.75. The molecule has 7 heteroatoms. The van der Waals surface area contributed by atoms with Gasteiger partial charge in [-0.25, -0.2) is 4.79 Å². The van der Waals surface area contributed by atoms with Crippen molar-refractivity contribution in [3.8, 4) is 5.75 Å². The predicted molar refractivity (Wildman–Crippen MR) is 87.6 cm³/mol. The van der Waals surface area contributed by atoms with Gasteiger partial charge in [-0.3, -0.25) is 0 Å². The minimum Gasteiger partial charge on any atom is -0.497 e. The van der Waals surface area contributed by atoms with Gasteiger partial charge in [0, 0.05) is 13.0 Å². The monoisotopic (exact) mass is 327 g/mol. The van der Waals surface area contributed by atoms with E-state index in [2.05, 4.69) is 25.4 Å². The molecule has 2 aromatic rings. The Morgan fingerprint density at radius 2 is 2.25 bits per heavy atom. The number of amides is 2. The van der Waals surface area contributed by atoms with E-state index >= 15 is 0 Å². The number of carbonyl (C=O) groups excluding carboxylic acids is 1. The van der Waals surface area contributed by atoms with Crippen LogP contribution in [0.3, 0.4) is 0 Å². The SMILES string of the molecule is COc1cccc(C2(NC(=O)NCc3nnc4n3CCC4)CC2)c1. The van der Waals surface area contributed by atoms with Crippen molar-refractivity contribution in [3.63, 3.8) is 0 Å². The smallest absolute Gasteiger partial charge is 0.315 e. The van der Waals surface area contributed by atoms with Crippen LogP contribution in [0.4, 0.5) is 4.79 Å². The number of aromatic nitrogens is 3. The highest BCUT2D eigenvalue weighted by Gasteiger charge is 2.45. The highest BCUT2D eigenvalue weighted by atomic mass is 16.5. The number of rotatable bonds is 5. The van der Waals surface area contributed by atoms with Crippen molar-refractivity contribution >= 4 is 6.03 Å². The van der Waals surface area contributed by atoms with E-state index in [1.165, 1.54) is 0 Å². The molecule has 4 rings (SSSR count). The summed E-state index contributed by atoms with van der Waals surface area (Å²) in [5.74, 6) is 2.64. The van der Waals surface area contributed by atoms with Crippen molar-refractivity contribution in [1.82, 2.24) is 25.4 Å². The number of methoxy groups -OCH3 is 1. The molecule has 24 heavy (non-hydrogen) atoms. The summed E-state index contributed by atoms with van der Waals surface area (Å²) >= 11 is 0. The maximum Gasteiger partial charge on any atom is 0.315 e. The number of aryl methyl sites for hydroxylation is 1. The fraction of sp³-hybridized carbons (Fsp3) is 0.471. The molecule has 1 aromatic heterocycles. The fourth-order valence-corrected chi connectivity index (χ4v) is 3.29. The van der Waals surface area contributed by atoms with Crippen molar-refractivity contribution in [1.29, 1.82) is 0 Å². The van der Waals surface area contributed by atoms with E-state index in [-0.39, 0.29) is 11.6 Å². The molecular formula is C17H21N5O2. The molecule has 0 radical (unpaired) electrons. The van der Waals surface area contributed by atoms with Crippen LogP contribution >= 0.6 is 0 Å². The molecule has 2 N–H and O–H groups in total. The van der Waals surface area contributed by atoms with E-state index in [0.717, 1.165) is 55.2 Å². The van der Waals surface area contributed by atoms with E-state index in [1.54, 1.807) is 7.11 Å². The summed E-state index contributed by atoms with van der Waals surface area (Å²) < 4.78 is 7.37. The molecule has 0 bridgehead atoms. The van der Waals surface area contributed by atoms with Gasteiger partial charge in [0.25, 0.3) is 0 Å². The summed E-state index contributed by atoms with van der Waals surface area (Å²) in [5, 5.41) is 14.3. The molecule has 7 nitrogen and oxygen atoms in total. The zero-order valence-corrected chi connectivity index (χ0v) is 13.7. The second kappa shape index (κ2) is 5.81. The lowest BCUT2D eigenvalue weighted by atomic mass is 10.0. The minimum absolute atomic E-state index is 0.175. The predicted octanol–water partition coefficient (Wildman–Crippen LogP) is 1.72. The van der Waals surface area contributed by atoms with Crippen molar-refractivity contribution in [2.24, 2.45) is 0 Å². The van der Waals surface area contributed by atoms with Crippen molar-refractivity contribution < 1.29 is 9.53 Å². The molecule has 1 aromatic carbocycles. The quantitative estimate of drug-likeness (QED) is 0.876. The molecule has 0 spiro atoms. The topological polar surface area (TPSA) is 81.1 Å². The van der Waals surface area contributed by atoms with Crippen molar-refractivity contribution in [3.05, 3.63) is 41.5 Å². The van der Waals surface area contributed by atoms with Crippen LogP contribution in [-0.4, -0.2) is 27.9 Å². The van der Waals surface area contributed by atoms with Gasteiger partial charge in [0.15, 0.2) is 5.82 Å². The number of hydrogen-bond donors (Lipinski definition) is 2. The lowest BCUT2D eigenvalue weighted by Crippen LogP contribution is -2.42. The molecular weight excluding hydrogens is 306 g/mol. The molecule has 1 saturated carbocycles. The summed E-state index contributed by atoms with van der Waals surface area (Å²) in [6.45, 7) is 1.34. The maximum absolute atomic E-state index is 12.3. The number of nitrogens with zero attached hydrogens (tertiary/aromatic N) is 3.